The molecule has 0 spiro atoms. The molecule has 110 valence electrons. The van der Waals surface area contributed by atoms with Crippen LogP contribution in [0.15, 0.2) is 36.4 Å². The third-order valence-corrected chi connectivity index (χ3v) is 3.94. The van der Waals surface area contributed by atoms with Crippen molar-refractivity contribution >= 4 is 52.1 Å². The van der Waals surface area contributed by atoms with Crippen molar-refractivity contribution in [2.75, 3.05) is 24.3 Å². The minimum atomic E-state index is -0.340. The lowest BCUT2D eigenvalue weighted by Crippen LogP contribution is -2.17. The fourth-order valence-corrected chi connectivity index (χ4v) is 2.43. The molecule has 1 amide bonds. The Morgan fingerprint density at radius 1 is 1.10 bits per heavy atom. The van der Waals surface area contributed by atoms with Crippen LogP contribution in [0.1, 0.15) is 10.4 Å². The molecule has 0 heterocycles. The van der Waals surface area contributed by atoms with Gasteiger partial charge in [-0.15, -0.1) is 0 Å². The lowest BCUT2D eigenvalue weighted by molar-refractivity contribution is 0.102. The first-order chi connectivity index (χ1) is 9.90. The third kappa shape index (κ3) is 3.62. The van der Waals surface area contributed by atoms with E-state index in [1.165, 1.54) is 0 Å². The van der Waals surface area contributed by atoms with Gasteiger partial charge in [0.25, 0.3) is 5.91 Å². The third-order valence-electron chi connectivity index (χ3n) is 2.88. The number of benzene rings is 2. The highest BCUT2D eigenvalue weighted by Gasteiger charge is 2.15. The second-order valence-corrected chi connectivity index (χ2v) is 5.83. The zero-order valence-electron chi connectivity index (χ0n) is 11.5. The first kappa shape index (κ1) is 16.0. The molecule has 0 radical (unpaired) electrons. The molecular weight excluding hydrogens is 331 g/mol. The molecule has 0 unspecified atom stereocenters. The van der Waals surface area contributed by atoms with Crippen molar-refractivity contribution in [3.05, 3.63) is 57.0 Å². The van der Waals surface area contributed by atoms with Crippen molar-refractivity contribution in [3.63, 3.8) is 0 Å². The summed E-state index contributed by atoms with van der Waals surface area (Å²) in [5.74, 6) is -0.340. The number of amides is 1. The molecule has 0 atom stereocenters. The summed E-state index contributed by atoms with van der Waals surface area (Å²) in [5.41, 5.74) is 1.76. The van der Waals surface area contributed by atoms with Gasteiger partial charge in [-0.2, -0.15) is 0 Å². The van der Waals surface area contributed by atoms with Gasteiger partial charge in [0.2, 0.25) is 0 Å². The van der Waals surface area contributed by atoms with Gasteiger partial charge in [-0.05, 0) is 30.3 Å². The minimum Gasteiger partial charge on any atom is -0.376 e. The van der Waals surface area contributed by atoms with Crippen molar-refractivity contribution < 1.29 is 4.79 Å². The second kappa shape index (κ2) is 6.56. The van der Waals surface area contributed by atoms with E-state index in [-0.39, 0.29) is 10.9 Å². The van der Waals surface area contributed by atoms with Crippen LogP contribution in [0.5, 0.6) is 0 Å². The average Bonchev–Trinajstić information content (AvgIpc) is 2.41. The van der Waals surface area contributed by atoms with Gasteiger partial charge in [0.15, 0.2) is 0 Å². The zero-order valence-corrected chi connectivity index (χ0v) is 13.7. The maximum atomic E-state index is 12.4. The number of hydrogen-bond donors (Lipinski definition) is 1. The Morgan fingerprint density at radius 2 is 1.81 bits per heavy atom. The first-order valence-corrected chi connectivity index (χ1v) is 7.26. The van der Waals surface area contributed by atoms with Gasteiger partial charge in [0.05, 0.1) is 27.0 Å². The molecule has 0 fully saturated rings. The molecule has 1 N–H and O–H groups in total. The SMILES string of the molecule is CN(C)c1ccc(Cl)cc1NC(=O)c1cccc(Cl)c1Cl. The molecule has 6 heteroatoms. The largest absolute Gasteiger partial charge is 0.376 e. The molecular formula is C15H13Cl3N2O. The van der Waals surface area contributed by atoms with Crippen LogP contribution < -0.4 is 10.2 Å². The predicted molar refractivity (Wildman–Crippen MR) is 90.2 cm³/mol. The van der Waals surface area contributed by atoms with Crippen LogP contribution in [0.4, 0.5) is 11.4 Å². The Hall–Kier alpha value is -1.42. The average molecular weight is 344 g/mol. The van der Waals surface area contributed by atoms with E-state index in [9.17, 15) is 4.79 Å². The van der Waals surface area contributed by atoms with Crippen molar-refractivity contribution in [2.24, 2.45) is 0 Å². The molecule has 0 saturated heterocycles. The highest BCUT2D eigenvalue weighted by molar-refractivity contribution is 6.44. The molecule has 0 aliphatic rings. The highest BCUT2D eigenvalue weighted by atomic mass is 35.5. The summed E-state index contributed by atoms with van der Waals surface area (Å²) >= 11 is 18.0. The Bertz CT molecular complexity index is 687. The highest BCUT2D eigenvalue weighted by Crippen LogP contribution is 2.30. The van der Waals surface area contributed by atoms with Crippen LogP contribution in [0.3, 0.4) is 0 Å². The number of nitrogens with one attached hydrogen (secondary N) is 1. The number of rotatable bonds is 3. The molecule has 2 aromatic rings. The molecule has 3 nitrogen and oxygen atoms in total. The molecule has 0 aliphatic carbocycles. The van der Waals surface area contributed by atoms with Crippen LogP contribution in [-0.4, -0.2) is 20.0 Å². The molecule has 0 aromatic heterocycles. The normalized spacial score (nSPS) is 10.3. The minimum absolute atomic E-state index is 0.227. The lowest BCUT2D eigenvalue weighted by atomic mass is 10.2. The molecule has 0 aliphatic heterocycles. The van der Waals surface area contributed by atoms with E-state index in [2.05, 4.69) is 5.32 Å². The summed E-state index contributed by atoms with van der Waals surface area (Å²) in [6.07, 6.45) is 0. The molecule has 2 aromatic carbocycles. The Morgan fingerprint density at radius 3 is 2.48 bits per heavy atom. The van der Waals surface area contributed by atoms with Gasteiger partial charge in [-0.25, -0.2) is 0 Å². The maximum Gasteiger partial charge on any atom is 0.257 e. The van der Waals surface area contributed by atoms with E-state index in [1.807, 2.05) is 25.1 Å². The van der Waals surface area contributed by atoms with Crippen LogP contribution in [-0.2, 0) is 0 Å². The van der Waals surface area contributed by atoms with Crippen molar-refractivity contribution in [2.45, 2.75) is 0 Å². The van der Waals surface area contributed by atoms with Crippen molar-refractivity contribution in [1.29, 1.82) is 0 Å². The summed E-state index contributed by atoms with van der Waals surface area (Å²) in [4.78, 5) is 14.2. The Kier molecular flexibility index (Phi) is 4.99. The number of anilines is 2. The summed E-state index contributed by atoms with van der Waals surface area (Å²) in [6, 6.07) is 10.2. The lowest BCUT2D eigenvalue weighted by Gasteiger charge is -2.18. The topological polar surface area (TPSA) is 32.3 Å². The monoisotopic (exact) mass is 342 g/mol. The fraction of sp³-hybridized carbons (Fsp3) is 0.133. The van der Waals surface area contributed by atoms with Gasteiger partial charge in [-0.3, -0.25) is 4.79 Å². The number of carbonyl (C=O) groups excluding carboxylic acids is 1. The van der Waals surface area contributed by atoms with Crippen molar-refractivity contribution in [3.8, 4) is 0 Å². The molecule has 0 saturated carbocycles. The van der Waals surface area contributed by atoms with Crippen LogP contribution in [0, 0.1) is 0 Å². The van der Waals surface area contributed by atoms with Crippen molar-refractivity contribution in [1.82, 2.24) is 0 Å². The smallest absolute Gasteiger partial charge is 0.257 e. The van der Waals surface area contributed by atoms with Crippen LogP contribution in [0.25, 0.3) is 0 Å². The zero-order chi connectivity index (χ0) is 15.6. The maximum absolute atomic E-state index is 12.4. The number of hydrogen-bond acceptors (Lipinski definition) is 2. The summed E-state index contributed by atoms with van der Waals surface area (Å²) in [6.45, 7) is 0. The van der Waals surface area contributed by atoms with Gasteiger partial charge in [-0.1, -0.05) is 40.9 Å². The van der Waals surface area contributed by atoms with Crippen LogP contribution in [0.2, 0.25) is 15.1 Å². The van der Waals surface area contributed by atoms with E-state index < -0.39 is 0 Å². The van der Waals surface area contributed by atoms with Gasteiger partial charge >= 0.3 is 0 Å². The number of nitrogens with zero attached hydrogens (tertiary/aromatic N) is 1. The summed E-state index contributed by atoms with van der Waals surface area (Å²) in [5, 5.41) is 3.91. The predicted octanol–water partition coefficient (Wildman–Crippen LogP) is 4.97. The summed E-state index contributed by atoms with van der Waals surface area (Å²) in [7, 11) is 3.76. The summed E-state index contributed by atoms with van der Waals surface area (Å²) < 4.78 is 0. The standard InChI is InChI=1S/C15H13Cl3N2O/c1-20(2)13-7-6-9(16)8-12(13)19-15(21)10-4-3-5-11(17)14(10)18/h3-8H,1-2H3,(H,19,21). The molecule has 2 rings (SSSR count). The van der Waals surface area contributed by atoms with Gasteiger partial charge in [0.1, 0.15) is 0 Å². The first-order valence-electron chi connectivity index (χ1n) is 6.12. The second-order valence-electron chi connectivity index (χ2n) is 4.61. The molecule has 0 bridgehead atoms. The quantitative estimate of drug-likeness (QED) is 0.853. The van der Waals surface area contributed by atoms with Gasteiger partial charge < -0.3 is 10.2 Å². The van der Waals surface area contributed by atoms with Gasteiger partial charge in [0, 0.05) is 19.1 Å². The van der Waals surface area contributed by atoms with E-state index in [0.717, 1.165) is 5.69 Å². The number of halogens is 3. The van der Waals surface area contributed by atoms with E-state index in [0.29, 0.717) is 21.3 Å². The van der Waals surface area contributed by atoms with E-state index >= 15 is 0 Å². The fourth-order valence-electron chi connectivity index (χ4n) is 1.87. The van der Waals surface area contributed by atoms with Crippen LogP contribution >= 0.6 is 34.8 Å². The van der Waals surface area contributed by atoms with E-state index in [4.69, 9.17) is 34.8 Å². The van der Waals surface area contributed by atoms with E-state index in [1.54, 1.807) is 30.3 Å². The number of carbonyl (C=O) groups is 1. The Balaban J connectivity index is 2.36. The molecule has 21 heavy (non-hydrogen) atoms. The Labute approximate surface area is 138 Å².